The number of carbonyl (C=O) groups is 1. The summed E-state index contributed by atoms with van der Waals surface area (Å²) in [5.74, 6) is 1.08. The second-order valence-electron chi connectivity index (χ2n) is 5.23. The zero-order chi connectivity index (χ0) is 11.2. The Labute approximate surface area is 98.4 Å². The average Bonchev–Trinajstić information content (AvgIpc) is 2.84. The third-order valence-corrected chi connectivity index (χ3v) is 3.95. The summed E-state index contributed by atoms with van der Waals surface area (Å²) in [7, 11) is 0. The molecule has 0 unspecified atom stereocenters. The van der Waals surface area contributed by atoms with Gasteiger partial charge in [-0.2, -0.15) is 0 Å². The van der Waals surface area contributed by atoms with Gasteiger partial charge in [0.25, 0.3) is 0 Å². The predicted octanol–water partition coefficient (Wildman–Crippen LogP) is 1.82. The van der Waals surface area contributed by atoms with Crippen molar-refractivity contribution >= 4 is 5.91 Å². The van der Waals surface area contributed by atoms with E-state index in [9.17, 15) is 4.79 Å². The molecule has 2 N–H and O–H groups in total. The van der Waals surface area contributed by atoms with Crippen LogP contribution in [0.2, 0.25) is 0 Å². The second-order valence-corrected chi connectivity index (χ2v) is 5.23. The van der Waals surface area contributed by atoms with Gasteiger partial charge in [-0.3, -0.25) is 4.79 Å². The Bertz CT molecular complexity index is 218. The predicted molar refractivity (Wildman–Crippen MR) is 65.2 cm³/mol. The first-order valence-electron chi connectivity index (χ1n) is 6.87. The molecule has 16 heavy (non-hydrogen) atoms. The molecule has 0 aromatic rings. The Morgan fingerprint density at radius 2 is 1.94 bits per heavy atom. The largest absolute Gasteiger partial charge is 0.355 e. The minimum atomic E-state index is 0.0892. The van der Waals surface area contributed by atoms with Gasteiger partial charge in [0.2, 0.25) is 5.91 Å². The maximum atomic E-state index is 11.7. The fourth-order valence-corrected chi connectivity index (χ4v) is 2.91. The van der Waals surface area contributed by atoms with Gasteiger partial charge in [-0.1, -0.05) is 32.1 Å². The van der Waals surface area contributed by atoms with Crippen LogP contribution in [0.15, 0.2) is 0 Å². The van der Waals surface area contributed by atoms with Gasteiger partial charge in [0.15, 0.2) is 0 Å². The lowest BCUT2D eigenvalue weighted by Gasteiger charge is -2.21. The molecular weight excluding hydrogens is 200 g/mol. The molecular formula is C13H24N2O. The van der Waals surface area contributed by atoms with Gasteiger partial charge < -0.3 is 10.6 Å². The summed E-state index contributed by atoms with van der Waals surface area (Å²) in [6.45, 7) is 1.88. The minimum absolute atomic E-state index is 0.0892. The molecule has 2 aliphatic rings. The average molecular weight is 224 g/mol. The molecule has 1 aliphatic heterocycles. The fourth-order valence-electron chi connectivity index (χ4n) is 2.91. The first-order chi connectivity index (χ1) is 7.86. The van der Waals surface area contributed by atoms with E-state index in [4.69, 9.17) is 0 Å². The van der Waals surface area contributed by atoms with Crippen molar-refractivity contribution in [3.8, 4) is 0 Å². The van der Waals surface area contributed by atoms with E-state index >= 15 is 0 Å². The van der Waals surface area contributed by atoms with Gasteiger partial charge in [-0.05, 0) is 31.7 Å². The van der Waals surface area contributed by atoms with Crippen molar-refractivity contribution in [2.24, 2.45) is 5.92 Å². The van der Waals surface area contributed by atoms with Crippen LogP contribution < -0.4 is 10.6 Å². The van der Waals surface area contributed by atoms with E-state index in [1.165, 1.54) is 38.5 Å². The summed E-state index contributed by atoms with van der Waals surface area (Å²) >= 11 is 0. The lowest BCUT2D eigenvalue weighted by atomic mass is 9.87. The molecule has 1 saturated heterocycles. The third-order valence-electron chi connectivity index (χ3n) is 3.95. The Hall–Kier alpha value is -0.570. The number of carbonyl (C=O) groups excluding carboxylic acids is 1. The number of nitrogens with one attached hydrogen (secondary N) is 2. The summed E-state index contributed by atoms with van der Waals surface area (Å²) in [6.07, 6.45) is 10.3. The SMILES string of the molecule is O=C(NCCC1CCCCC1)[C@@H]1CCCN1. The van der Waals surface area contributed by atoms with Crippen molar-refractivity contribution in [3.63, 3.8) is 0 Å². The monoisotopic (exact) mass is 224 g/mol. The van der Waals surface area contributed by atoms with Crippen molar-refractivity contribution in [2.45, 2.75) is 57.4 Å². The molecule has 1 aliphatic carbocycles. The van der Waals surface area contributed by atoms with E-state index in [-0.39, 0.29) is 11.9 Å². The molecule has 1 atom stereocenters. The zero-order valence-corrected chi connectivity index (χ0v) is 10.1. The van der Waals surface area contributed by atoms with Crippen LogP contribution in [0.3, 0.4) is 0 Å². The standard InChI is InChI=1S/C13H24N2O/c16-13(12-7-4-9-14-12)15-10-8-11-5-2-1-3-6-11/h11-12,14H,1-10H2,(H,15,16)/t12-/m0/s1. The lowest BCUT2D eigenvalue weighted by Crippen LogP contribution is -2.41. The van der Waals surface area contributed by atoms with Crippen LogP contribution in [0.4, 0.5) is 0 Å². The summed E-state index contributed by atoms with van der Waals surface area (Å²) in [5.41, 5.74) is 0. The molecule has 0 bridgehead atoms. The van der Waals surface area contributed by atoms with E-state index < -0.39 is 0 Å². The second kappa shape index (κ2) is 6.24. The molecule has 1 saturated carbocycles. The van der Waals surface area contributed by atoms with Gasteiger partial charge in [-0.15, -0.1) is 0 Å². The summed E-state index contributed by atoms with van der Waals surface area (Å²) in [6, 6.07) is 0.0892. The smallest absolute Gasteiger partial charge is 0.237 e. The molecule has 0 aromatic carbocycles. The van der Waals surface area contributed by atoms with Crippen LogP contribution in [0.5, 0.6) is 0 Å². The van der Waals surface area contributed by atoms with Crippen LogP contribution in [-0.4, -0.2) is 25.0 Å². The minimum Gasteiger partial charge on any atom is -0.355 e. The van der Waals surface area contributed by atoms with E-state index in [1.807, 2.05) is 0 Å². The van der Waals surface area contributed by atoms with Gasteiger partial charge in [-0.25, -0.2) is 0 Å². The highest BCUT2D eigenvalue weighted by Crippen LogP contribution is 2.25. The van der Waals surface area contributed by atoms with Gasteiger partial charge in [0, 0.05) is 6.54 Å². The topological polar surface area (TPSA) is 41.1 Å². The van der Waals surface area contributed by atoms with Crippen LogP contribution in [0.1, 0.15) is 51.4 Å². The number of hydrogen-bond donors (Lipinski definition) is 2. The molecule has 3 nitrogen and oxygen atoms in total. The fraction of sp³-hybridized carbons (Fsp3) is 0.923. The van der Waals surface area contributed by atoms with Gasteiger partial charge >= 0.3 is 0 Å². The lowest BCUT2D eigenvalue weighted by molar-refractivity contribution is -0.122. The quantitative estimate of drug-likeness (QED) is 0.765. The Morgan fingerprint density at radius 1 is 1.12 bits per heavy atom. The number of amides is 1. The summed E-state index contributed by atoms with van der Waals surface area (Å²) in [5, 5.41) is 6.30. The van der Waals surface area contributed by atoms with Crippen LogP contribution in [0, 0.1) is 5.92 Å². The molecule has 0 radical (unpaired) electrons. The number of rotatable bonds is 4. The van der Waals surface area contributed by atoms with Crippen molar-refractivity contribution in [3.05, 3.63) is 0 Å². The highest BCUT2D eigenvalue weighted by atomic mass is 16.2. The maximum absolute atomic E-state index is 11.7. The summed E-state index contributed by atoms with van der Waals surface area (Å²) < 4.78 is 0. The van der Waals surface area contributed by atoms with Crippen molar-refractivity contribution < 1.29 is 4.79 Å². The molecule has 1 heterocycles. The molecule has 0 aromatic heterocycles. The van der Waals surface area contributed by atoms with E-state index in [1.54, 1.807) is 0 Å². The molecule has 0 spiro atoms. The van der Waals surface area contributed by atoms with E-state index in [0.29, 0.717) is 0 Å². The van der Waals surface area contributed by atoms with Crippen molar-refractivity contribution in [2.75, 3.05) is 13.1 Å². The van der Waals surface area contributed by atoms with Crippen LogP contribution in [-0.2, 0) is 4.79 Å². The molecule has 3 heteroatoms. The highest BCUT2D eigenvalue weighted by molar-refractivity contribution is 5.81. The third kappa shape index (κ3) is 3.48. The molecule has 2 rings (SSSR count). The van der Waals surface area contributed by atoms with Gasteiger partial charge in [0.05, 0.1) is 6.04 Å². The molecule has 1 amide bonds. The van der Waals surface area contributed by atoms with Crippen molar-refractivity contribution in [1.29, 1.82) is 0 Å². The first-order valence-corrected chi connectivity index (χ1v) is 6.87. The number of hydrogen-bond acceptors (Lipinski definition) is 2. The van der Waals surface area contributed by atoms with Gasteiger partial charge in [0.1, 0.15) is 0 Å². The zero-order valence-electron chi connectivity index (χ0n) is 10.1. The van der Waals surface area contributed by atoms with Crippen LogP contribution in [0.25, 0.3) is 0 Å². The van der Waals surface area contributed by atoms with Crippen molar-refractivity contribution in [1.82, 2.24) is 10.6 Å². The Kier molecular flexibility index (Phi) is 4.64. The molecule has 92 valence electrons. The highest BCUT2D eigenvalue weighted by Gasteiger charge is 2.21. The normalized spacial score (nSPS) is 26.9. The maximum Gasteiger partial charge on any atom is 0.237 e. The van der Waals surface area contributed by atoms with E-state index in [0.717, 1.165) is 31.8 Å². The first kappa shape index (κ1) is 11.9. The Morgan fingerprint density at radius 3 is 2.62 bits per heavy atom. The van der Waals surface area contributed by atoms with E-state index in [2.05, 4.69) is 10.6 Å². The van der Waals surface area contributed by atoms with Crippen LogP contribution >= 0.6 is 0 Å². The Balaban J connectivity index is 1.57. The summed E-state index contributed by atoms with van der Waals surface area (Å²) in [4.78, 5) is 11.7. The molecule has 2 fully saturated rings.